The third kappa shape index (κ3) is 2.91. The lowest BCUT2D eigenvalue weighted by Crippen LogP contribution is -2.10. The average molecular weight is 300 g/mol. The van der Waals surface area contributed by atoms with Crippen molar-refractivity contribution in [3.05, 3.63) is 34.1 Å². The quantitative estimate of drug-likeness (QED) is 0.941. The Morgan fingerprint density at radius 3 is 2.37 bits per heavy atom. The first-order valence-corrected chi connectivity index (χ1v) is 6.77. The van der Waals surface area contributed by atoms with Crippen molar-refractivity contribution < 1.29 is 5.11 Å². The second-order valence-electron chi connectivity index (χ2n) is 4.70. The number of aliphatic hydroxyl groups is 1. The third-order valence-electron chi connectivity index (χ3n) is 2.70. The summed E-state index contributed by atoms with van der Waals surface area (Å²) in [6.45, 7) is 4.69. The standard InChI is InChI=1S/C13H15Cl2N3O/c1-8(2)6-18-11(7-19)16-17-13(18)12-9(14)4-3-5-10(12)15/h3-5,8,19H,6-7H2,1-2H3. The lowest BCUT2D eigenvalue weighted by atomic mass is 10.2. The van der Waals surface area contributed by atoms with E-state index >= 15 is 0 Å². The predicted octanol–water partition coefficient (Wildman–Crippen LogP) is 3.40. The minimum absolute atomic E-state index is 0.165. The van der Waals surface area contributed by atoms with Crippen LogP contribution in [-0.2, 0) is 13.2 Å². The fraction of sp³-hybridized carbons (Fsp3) is 0.385. The van der Waals surface area contributed by atoms with Crippen molar-refractivity contribution in [2.45, 2.75) is 27.0 Å². The van der Waals surface area contributed by atoms with Gasteiger partial charge in [-0.2, -0.15) is 0 Å². The zero-order chi connectivity index (χ0) is 14.0. The number of aliphatic hydroxyl groups excluding tert-OH is 1. The van der Waals surface area contributed by atoms with Crippen molar-refractivity contribution in [1.29, 1.82) is 0 Å². The highest BCUT2D eigenvalue weighted by Crippen LogP contribution is 2.34. The van der Waals surface area contributed by atoms with E-state index in [2.05, 4.69) is 24.0 Å². The van der Waals surface area contributed by atoms with Gasteiger partial charge in [-0.15, -0.1) is 10.2 Å². The first kappa shape index (κ1) is 14.3. The van der Waals surface area contributed by atoms with Crippen LogP contribution < -0.4 is 0 Å². The largest absolute Gasteiger partial charge is 0.388 e. The normalized spacial score (nSPS) is 11.3. The van der Waals surface area contributed by atoms with Crippen LogP contribution in [0.15, 0.2) is 18.2 Å². The molecule has 0 aliphatic rings. The Morgan fingerprint density at radius 1 is 1.21 bits per heavy atom. The van der Waals surface area contributed by atoms with Gasteiger partial charge in [0.05, 0.1) is 15.6 Å². The second-order valence-corrected chi connectivity index (χ2v) is 5.51. The van der Waals surface area contributed by atoms with E-state index in [0.29, 0.717) is 39.7 Å². The Bertz CT molecular complexity index is 561. The second kappa shape index (κ2) is 5.90. The number of aromatic nitrogens is 3. The summed E-state index contributed by atoms with van der Waals surface area (Å²) < 4.78 is 1.86. The SMILES string of the molecule is CC(C)Cn1c(CO)nnc1-c1c(Cl)cccc1Cl. The fourth-order valence-electron chi connectivity index (χ4n) is 1.91. The topological polar surface area (TPSA) is 50.9 Å². The number of hydrogen-bond donors (Lipinski definition) is 1. The number of benzene rings is 1. The molecule has 19 heavy (non-hydrogen) atoms. The minimum atomic E-state index is -0.165. The van der Waals surface area contributed by atoms with Gasteiger partial charge < -0.3 is 9.67 Å². The Hall–Kier alpha value is -1.10. The molecule has 0 spiro atoms. The molecule has 0 aliphatic carbocycles. The van der Waals surface area contributed by atoms with Gasteiger partial charge in [-0.05, 0) is 18.1 Å². The van der Waals surface area contributed by atoms with Crippen LogP contribution in [0.3, 0.4) is 0 Å². The Kier molecular flexibility index (Phi) is 4.45. The van der Waals surface area contributed by atoms with Gasteiger partial charge in [0.1, 0.15) is 6.61 Å². The molecular formula is C13H15Cl2N3O. The zero-order valence-electron chi connectivity index (χ0n) is 10.8. The maximum atomic E-state index is 9.34. The van der Waals surface area contributed by atoms with Gasteiger partial charge in [0.25, 0.3) is 0 Å². The number of halogens is 2. The van der Waals surface area contributed by atoms with E-state index in [4.69, 9.17) is 23.2 Å². The van der Waals surface area contributed by atoms with Crippen molar-refractivity contribution in [1.82, 2.24) is 14.8 Å². The van der Waals surface area contributed by atoms with Crippen molar-refractivity contribution in [2.24, 2.45) is 5.92 Å². The highest BCUT2D eigenvalue weighted by Gasteiger charge is 2.18. The Morgan fingerprint density at radius 2 is 1.84 bits per heavy atom. The molecule has 0 saturated heterocycles. The average Bonchev–Trinajstić information content (AvgIpc) is 2.71. The summed E-state index contributed by atoms with van der Waals surface area (Å²) >= 11 is 12.4. The summed E-state index contributed by atoms with van der Waals surface area (Å²) in [5, 5.41) is 18.5. The molecule has 0 amide bonds. The van der Waals surface area contributed by atoms with E-state index in [1.165, 1.54) is 0 Å². The lowest BCUT2D eigenvalue weighted by molar-refractivity contribution is 0.262. The summed E-state index contributed by atoms with van der Waals surface area (Å²) in [6, 6.07) is 5.30. The number of nitrogens with zero attached hydrogens (tertiary/aromatic N) is 3. The Balaban J connectivity index is 2.59. The molecule has 4 nitrogen and oxygen atoms in total. The maximum Gasteiger partial charge on any atom is 0.167 e. The number of hydrogen-bond acceptors (Lipinski definition) is 3. The molecule has 0 fully saturated rings. The molecule has 1 aromatic carbocycles. The molecule has 1 heterocycles. The molecule has 0 radical (unpaired) electrons. The van der Waals surface area contributed by atoms with Gasteiger partial charge in [-0.3, -0.25) is 0 Å². The lowest BCUT2D eigenvalue weighted by Gasteiger charge is -2.13. The van der Waals surface area contributed by atoms with Gasteiger partial charge in [0.15, 0.2) is 11.6 Å². The molecular weight excluding hydrogens is 285 g/mol. The summed E-state index contributed by atoms with van der Waals surface area (Å²) in [5.74, 6) is 1.49. The van der Waals surface area contributed by atoms with Crippen molar-refractivity contribution in [3.8, 4) is 11.4 Å². The van der Waals surface area contributed by atoms with Gasteiger partial charge in [0.2, 0.25) is 0 Å². The summed E-state index contributed by atoms with van der Waals surface area (Å²) in [6.07, 6.45) is 0. The molecule has 6 heteroatoms. The molecule has 2 aromatic rings. The highest BCUT2D eigenvalue weighted by molar-refractivity contribution is 6.38. The molecule has 2 rings (SSSR count). The first-order valence-electron chi connectivity index (χ1n) is 6.02. The molecule has 102 valence electrons. The molecule has 0 aliphatic heterocycles. The van der Waals surface area contributed by atoms with Crippen LogP contribution in [0.4, 0.5) is 0 Å². The van der Waals surface area contributed by atoms with Crippen LogP contribution in [0.1, 0.15) is 19.7 Å². The van der Waals surface area contributed by atoms with Gasteiger partial charge >= 0.3 is 0 Å². The zero-order valence-corrected chi connectivity index (χ0v) is 12.3. The first-order chi connectivity index (χ1) is 9.04. The van der Waals surface area contributed by atoms with Gasteiger partial charge in [-0.25, -0.2) is 0 Å². The van der Waals surface area contributed by atoms with Gasteiger partial charge in [-0.1, -0.05) is 43.1 Å². The summed E-state index contributed by atoms with van der Waals surface area (Å²) in [4.78, 5) is 0. The van der Waals surface area contributed by atoms with Crippen LogP contribution in [0, 0.1) is 5.92 Å². The third-order valence-corrected chi connectivity index (χ3v) is 3.33. The monoisotopic (exact) mass is 299 g/mol. The molecule has 1 aromatic heterocycles. The van der Waals surface area contributed by atoms with Crippen LogP contribution in [0.25, 0.3) is 11.4 Å². The van der Waals surface area contributed by atoms with Gasteiger partial charge in [0, 0.05) is 6.54 Å². The van der Waals surface area contributed by atoms with E-state index in [9.17, 15) is 5.11 Å². The van der Waals surface area contributed by atoms with E-state index in [-0.39, 0.29) is 6.61 Å². The van der Waals surface area contributed by atoms with E-state index in [1.807, 2.05) is 4.57 Å². The molecule has 0 saturated carbocycles. The molecule has 0 unspecified atom stereocenters. The number of rotatable bonds is 4. The van der Waals surface area contributed by atoms with Crippen molar-refractivity contribution in [2.75, 3.05) is 0 Å². The van der Waals surface area contributed by atoms with Crippen LogP contribution >= 0.6 is 23.2 Å². The van der Waals surface area contributed by atoms with E-state index < -0.39 is 0 Å². The van der Waals surface area contributed by atoms with Crippen LogP contribution in [0.2, 0.25) is 10.0 Å². The fourth-order valence-corrected chi connectivity index (χ4v) is 2.47. The summed E-state index contributed by atoms with van der Waals surface area (Å²) in [5.41, 5.74) is 0.652. The maximum absolute atomic E-state index is 9.34. The summed E-state index contributed by atoms with van der Waals surface area (Å²) in [7, 11) is 0. The molecule has 0 bridgehead atoms. The van der Waals surface area contributed by atoms with Crippen LogP contribution in [0.5, 0.6) is 0 Å². The predicted molar refractivity (Wildman–Crippen MR) is 76.2 cm³/mol. The Labute approximate surface area is 122 Å². The van der Waals surface area contributed by atoms with Crippen LogP contribution in [-0.4, -0.2) is 19.9 Å². The molecule has 0 atom stereocenters. The van der Waals surface area contributed by atoms with E-state index in [0.717, 1.165) is 0 Å². The minimum Gasteiger partial charge on any atom is -0.388 e. The van der Waals surface area contributed by atoms with Crippen molar-refractivity contribution >= 4 is 23.2 Å². The van der Waals surface area contributed by atoms with Crippen molar-refractivity contribution in [3.63, 3.8) is 0 Å². The van der Waals surface area contributed by atoms with E-state index in [1.54, 1.807) is 18.2 Å². The highest BCUT2D eigenvalue weighted by atomic mass is 35.5. The smallest absolute Gasteiger partial charge is 0.167 e. The molecule has 1 N–H and O–H groups in total.